The van der Waals surface area contributed by atoms with E-state index in [2.05, 4.69) is 16.0 Å². The van der Waals surface area contributed by atoms with Gasteiger partial charge < -0.3 is 10.6 Å². The first-order chi connectivity index (χ1) is 15.5. The molecule has 32 heavy (non-hydrogen) atoms. The van der Waals surface area contributed by atoms with Gasteiger partial charge in [0, 0.05) is 34.4 Å². The van der Waals surface area contributed by atoms with Crippen LogP contribution in [0.4, 0.5) is 4.39 Å². The minimum Gasteiger partial charge on any atom is -0.372 e. The van der Waals surface area contributed by atoms with Crippen molar-refractivity contribution >= 4 is 35.1 Å². The lowest BCUT2D eigenvalue weighted by Crippen LogP contribution is -2.67. The molecule has 1 aliphatic carbocycles. The molecule has 4 atom stereocenters. The third-order valence-electron chi connectivity index (χ3n) is 6.31. The van der Waals surface area contributed by atoms with E-state index in [0.717, 1.165) is 29.7 Å². The lowest BCUT2D eigenvalue weighted by molar-refractivity contribution is -0.130. The summed E-state index contributed by atoms with van der Waals surface area (Å²) < 4.78 is 13.6. The summed E-state index contributed by atoms with van der Waals surface area (Å²) in [4.78, 5) is 26.2. The number of hydrogen-bond acceptors (Lipinski definition) is 5. The molecule has 0 spiro atoms. The van der Waals surface area contributed by atoms with Gasteiger partial charge >= 0.3 is 0 Å². The molecule has 2 aromatic rings. The Hall–Kier alpha value is -2.35. The monoisotopic (exact) mass is 471 g/mol. The maximum atomic E-state index is 13.6. The van der Waals surface area contributed by atoms with Gasteiger partial charge in [-0.05, 0) is 42.2 Å². The fourth-order valence-corrected chi connectivity index (χ4v) is 6.15. The van der Waals surface area contributed by atoms with E-state index in [-0.39, 0.29) is 29.2 Å². The number of amides is 1. The largest absolute Gasteiger partial charge is 0.372 e. The molecule has 8 heteroatoms. The van der Waals surface area contributed by atoms with E-state index in [1.54, 1.807) is 23.9 Å². The van der Waals surface area contributed by atoms with Crippen LogP contribution < -0.4 is 16.0 Å². The molecule has 2 heterocycles. The topological polar surface area (TPSA) is 70.2 Å². The highest BCUT2D eigenvalue weighted by Gasteiger charge is 2.49. The molecule has 3 N–H and O–H groups in total. The molecule has 5 nitrogen and oxygen atoms in total. The predicted molar refractivity (Wildman–Crippen MR) is 123 cm³/mol. The highest BCUT2D eigenvalue weighted by Crippen LogP contribution is 2.44. The first-order valence-corrected chi connectivity index (χ1v) is 12.1. The fourth-order valence-electron chi connectivity index (χ4n) is 4.82. The summed E-state index contributed by atoms with van der Waals surface area (Å²) in [5.41, 5.74) is 3.05. The number of halogens is 2. The maximum absolute atomic E-state index is 13.6. The van der Waals surface area contributed by atoms with E-state index in [0.29, 0.717) is 22.8 Å². The number of carbonyl (C=O) groups excluding carboxylic acids is 2. The zero-order chi connectivity index (χ0) is 22.2. The van der Waals surface area contributed by atoms with Crippen molar-refractivity contribution in [1.29, 1.82) is 0 Å². The number of fused-ring (bicyclic) bond motifs is 1. The minimum absolute atomic E-state index is 0.0644. The Bertz CT molecular complexity index is 1090. The summed E-state index contributed by atoms with van der Waals surface area (Å²) in [6.07, 6.45) is 1.70. The van der Waals surface area contributed by atoms with E-state index < -0.39 is 11.8 Å². The van der Waals surface area contributed by atoms with Gasteiger partial charge in [-0.15, -0.1) is 11.8 Å². The van der Waals surface area contributed by atoms with E-state index in [4.69, 9.17) is 11.6 Å². The summed E-state index contributed by atoms with van der Waals surface area (Å²) in [5.74, 6) is -0.689. The van der Waals surface area contributed by atoms with Crippen LogP contribution in [0.2, 0.25) is 5.02 Å². The second-order valence-corrected chi connectivity index (χ2v) is 9.80. The highest BCUT2D eigenvalue weighted by atomic mass is 35.5. The average Bonchev–Trinajstić information content (AvgIpc) is 2.78. The Morgan fingerprint density at radius 1 is 1.03 bits per heavy atom. The fraction of sp³-hybridized carbons (Fsp3) is 0.333. The summed E-state index contributed by atoms with van der Waals surface area (Å²) in [7, 11) is 0. The summed E-state index contributed by atoms with van der Waals surface area (Å²) >= 11 is 7.82. The molecule has 0 saturated carbocycles. The van der Waals surface area contributed by atoms with Crippen LogP contribution in [0.25, 0.3) is 0 Å². The molecule has 2 aliphatic heterocycles. The zero-order valence-corrected chi connectivity index (χ0v) is 18.8. The zero-order valence-electron chi connectivity index (χ0n) is 17.2. The van der Waals surface area contributed by atoms with Crippen LogP contribution in [-0.2, 0) is 15.3 Å². The molecule has 4 unspecified atom stereocenters. The minimum atomic E-state index is -0.515. The van der Waals surface area contributed by atoms with E-state index >= 15 is 0 Å². The van der Waals surface area contributed by atoms with Crippen molar-refractivity contribution in [3.05, 3.63) is 81.8 Å². The van der Waals surface area contributed by atoms with Gasteiger partial charge in [-0.1, -0.05) is 41.9 Å². The number of thioether (sulfide) groups is 1. The van der Waals surface area contributed by atoms with Crippen molar-refractivity contribution in [2.24, 2.45) is 5.92 Å². The van der Waals surface area contributed by atoms with Crippen molar-refractivity contribution in [2.75, 3.05) is 0 Å². The molecule has 1 amide bonds. The van der Waals surface area contributed by atoms with Crippen LogP contribution in [0.1, 0.15) is 36.3 Å². The number of hydrogen-bond donors (Lipinski definition) is 3. The maximum Gasteiger partial charge on any atom is 0.229 e. The number of Topliss-reactive ketones (excluding diaryl/α,β-unsaturated/α-hetero) is 1. The molecule has 2 aromatic carbocycles. The van der Waals surface area contributed by atoms with Crippen LogP contribution in [0.15, 0.2) is 59.8 Å². The van der Waals surface area contributed by atoms with E-state index in [1.807, 2.05) is 24.3 Å². The Balaban J connectivity index is 1.42. The Labute approximate surface area is 195 Å². The second-order valence-electron chi connectivity index (χ2n) is 8.30. The molecular weight excluding hydrogens is 449 g/mol. The molecule has 0 aromatic heterocycles. The lowest BCUT2D eigenvalue weighted by Gasteiger charge is -2.47. The molecule has 1 saturated heterocycles. The highest BCUT2D eigenvalue weighted by molar-refractivity contribution is 7.99. The van der Waals surface area contributed by atoms with Crippen molar-refractivity contribution in [1.82, 2.24) is 16.0 Å². The molecule has 0 radical (unpaired) electrons. The smallest absolute Gasteiger partial charge is 0.229 e. The summed E-state index contributed by atoms with van der Waals surface area (Å²) in [5, 5.41) is 10.7. The molecule has 166 valence electrons. The van der Waals surface area contributed by atoms with Crippen LogP contribution in [0.3, 0.4) is 0 Å². The molecule has 5 rings (SSSR count). The summed E-state index contributed by atoms with van der Waals surface area (Å²) in [6.45, 7) is 0. The second kappa shape index (κ2) is 8.89. The third kappa shape index (κ3) is 4.05. The quantitative estimate of drug-likeness (QED) is 0.627. The van der Waals surface area contributed by atoms with Crippen molar-refractivity contribution in [3.63, 3.8) is 0 Å². The lowest BCUT2D eigenvalue weighted by atomic mass is 9.70. The number of ketones is 1. The van der Waals surface area contributed by atoms with Gasteiger partial charge in [0.25, 0.3) is 0 Å². The Morgan fingerprint density at radius 2 is 1.81 bits per heavy atom. The number of allylic oxidation sites excluding steroid dienone is 2. The Kier molecular flexibility index (Phi) is 5.97. The van der Waals surface area contributed by atoms with Crippen LogP contribution in [0, 0.1) is 11.7 Å². The first kappa shape index (κ1) is 21.5. The first-order valence-electron chi connectivity index (χ1n) is 10.7. The van der Waals surface area contributed by atoms with Gasteiger partial charge in [0.2, 0.25) is 5.91 Å². The number of carbonyl (C=O) groups is 2. The number of nitrogens with one attached hydrogen (secondary N) is 3. The van der Waals surface area contributed by atoms with Crippen molar-refractivity contribution in [2.45, 2.75) is 42.6 Å². The number of rotatable bonds is 4. The molecule has 1 fully saturated rings. The Morgan fingerprint density at radius 3 is 2.59 bits per heavy atom. The number of benzene rings is 2. The van der Waals surface area contributed by atoms with E-state index in [9.17, 15) is 14.0 Å². The van der Waals surface area contributed by atoms with Gasteiger partial charge in [-0.25, -0.2) is 4.39 Å². The van der Waals surface area contributed by atoms with Gasteiger partial charge in [0.15, 0.2) is 5.78 Å². The van der Waals surface area contributed by atoms with Crippen molar-refractivity contribution in [3.8, 4) is 0 Å². The van der Waals surface area contributed by atoms with Crippen molar-refractivity contribution < 1.29 is 14.0 Å². The normalized spacial score (nSPS) is 27.3. The van der Waals surface area contributed by atoms with Gasteiger partial charge in [0.1, 0.15) is 11.3 Å². The van der Waals surface area contributed by atoms with Crippen LogP contribution >= 0.6 is 23.4 Å². The van der Waals surface area contributed by atoms with Gasteiger partial charge in [-0.2, -0.15) is 0 Å². The van der Waals surface area contributed by atoms with Gasteiger partial charge in [0.05, 0.1) is 12.1 Å². The molecular formula is C24H23ClFN3O2S. The standard InChI is InChI=1S/C24H23ClFN3O2S/c25-16-5-2-1-4-14(16)12-32-24-28-22-21(23(31)29-24)19(13-8-10-15(26)11-9-13)20-17(27-22)6-3-7-18(20)30/h1-2,4-5,8-11,19,21-22,24,27-28H,3,6-7,12H2,(H,29,31). The average molecular weight is 472 g/mol. The molecule has 3 aliphatic rings. The third-order valence-corrected chi connectivity index (χ3v) is 7.75. The predicted octanol–water partition coefficient (Wildman–Crippen LogP) is 4.05. The van der Waals surface area contributed by atoms with Crippen LogP contribution in [0.5, 0.6) is 0 Å². The van der Waals surface area contributed by atoms with Crippen LogP contribution in [-0.4, -0.2) is 23.4 Å². The SMILES string of the molecule is O=C1CCCC2=C1C(c1ccc(F)cc1)C1C(=O)NC(SCc3ccccc3Cl)NC1N2. The van der Waals surface area contributed by atoms with Gasteiger partial charge in [-0.3, -0.25) is 14.9 Å². The summed E-state index contributed by atoms with van der Waals surface area (Å²) in [6, 6.07) is 13.8. The van der Waals surface area contributed by atoms with E-state index in [1.165, 1.54) is 12.1 Å². The molecule has 0 bridgehead atoms.